The molecular formula is C19H23BrN2O. The Morgan fingerprint density at radius 3 is 2.00 bits per heavy atom. The van der Waals surface area contributed by atoms with E-state index in [4.69, 9.17) is 4.74 Å². The average molecular weight is 375 g/mol. The maximum atomic E-state index is 5.67. The molecular weight excluding hydrogens is 352 g/mol. The van der Waals surface area contributed by atoms with Crippen LogP contribution in [0.5, 0.6) is 5.75 Å². The van der Waals surface area contributed by atoms with Crippen LogP contribution in [0.25, 0.3) is 0 Å². The van der Waals surface area contributed by atoms with Crippen LogP contribution in [-0.4, -0.2) is 5.01 Å². The molecule has 0 fully saturated rings. The number of unbranched alkanes of at least 4 members (excludes halogenated alkanes) is 1. The van der Waals surface area contributed by atoms with E-state index in [0.717, 1.165) is 30.0 Å². The van der Waals surface area contributed by atoms with Gasteiger partial charge in [-0.05, 0) is 77.2 Å². The van der Waals surface area contributed by atoms with Crippen LogP contribution in [0.2, 0.25) is 0 Å². The summed E-state index contributed by atoms with van der Waals surface area (Å²) in [4.78, 5) is 0. The minimum atomic E-state index is 0.0428. The van der Waals surface area contributed by atoms with Gasteiger partial charge in [0.15, 0.2) is 5.01 Å². The van der Waals surface area contributed by atoms with Crippen LogP contribution in [0.4, 0.5) is 11.4 Å². The molecule has 0 aliphatic carbocycles. The predicted molar refractivity (Wildman–Crippen MR) is 99.3 cm³/mol. The van der Waals surface area contributed by atoms with Gasteiger partial charge in [0.2, 0.25) is 0 Å². The Bertz CT molecular complexity index is 608. The van der Waals surface area contributed by atoms with Crippen LogP contribution >= 0.6 is 15.9 Å². The first-order valence-corrected chi connectivity index (χ1v) is 9.04. The highest BCUT2D eigenvalue weighted by Crippen LogP contribution is 2.23. The summed E-state index contributed by atoms with van der Waals surface area (Å²) in [5.41, 5.74) is 3.04. The van der Waals surface area contributed by atoms with Gasteiger partial charge in [-0.3, -0.25) is 0 Å². The Balaban J connectivity index is 1.94. The molecule has 1 atom stereocenters. The lowest BCUT2D eigenvalue weighted by Crippen LogP contribution is -2.05. The molecule has 0 saturated heterocycles. The number of nitrogens with zero attached hydrogens (tertiary/aromatic N) is 2. The second-order valence-electron chi connectivity index (χ2n) is 5.40. The quantitative estimate of drug-likeness (QED) is 0.363. The summed E-state index contributed by atoms with van der Waals surface area (Å²) in [6, 6.07) is 15.9. The zero-order valence-corrected chi connectivity index (χ0v) is 15.3. The summed E-state index contributed by atoms with van der Waals surface area (Å²) < 4.78 is 5.67. The van der Waals surface area contributed by atoms with Crippen molar-refractivity contribution in [1.29, 1.82) is 0 Å². The highest BCUT2D eigenvalue weighted by molar-refractivity contribution is 9.09. The third-order valence-electron chi connectivity index (χ3n) is 3.46. The summed E-state index contributed by atoms with van der Waals surface area (Å²) in [6.45, 7) is 4.27. The van der Waals surface area contributed by atoms with E-state index < -0.39 is 0 Å². The zero-order valence-electron chi connectivity index (χ0n) is 13.7. The van der Waals surface area contributed by atoms with Gasteiger partial charge in [-0.1, -0.05) is 32.4 Å². The third kappa shape index (κ3) is 6.14. The molecule has 0 N–H and O–H groups in total. The highest BCUT2D eigenvalue weighted by atomic mass is 79.9. The maximum absolute atomic E-state index is 5.67. The number of rotatable bonds is 8. The van der Waals surface area contributed by atoms with E-state index in [1.54, 1.807) is 0 Å². The number of azo groups is 1. The molecule has 1 unspecified atom stereocenters. The molecule has 4 heteroatoms. The fourth-order valence-corrected chi connectivity index (χ4v) is 2.26. The van der Waals surface area contributed by atoms with Crippen molar-refractivity contribution in [2.75, 3.05) is 0 Å². The van der Waals surface area contributed by atoms with Gasteiger partial charge in [0, 0.05) is 0 Å². The van der Waals surface area contributed by atoms with Gasteiger partial charge in [-0.25, -0.2) is 0 Å². The fraction of sp³-hybridized carbons (Fsp3) is 0.368. The van der Waals surface area contributed by atoms with E-state index >= 15 is 0 Å². The van der Waals surface area contributed by atoms with Gasteiger partial charge in [0.1, 0.15) is 5.75 Å². The number of halogens is 1. The number of ether oxygens (including phenoxy) is 1. The second kappa shape index (κ2) is 9.46. The normalized spacial score (nSPS) is 12.5. The maximum Gasteiger partial charge on any atom is 0.153 e. The first kappa shape index (κ1) is 17.7. The lowest BCUT2D eigenvalue weighted by molar-refractivity contribution is 0.290. The minimum Gasteiger partial charge on any atom is -0.479 e. The lowest BCUT2D eigenvalue weighted by atomic mass is 10.1. The van der Waals surface area contributed by atoms with E-state index in [1.165, 1.54) is 18.4 Å². The van der Waals surface area contributed by atoms with Crippen molar-refractivity contribution in [3.8, 4) is 5.75 Å². The summed E-state index contributed by atoms with van der Waals surface area (Å²) in [5, 5.41) is 8.59. The summed E-state index contributed by atoms with van der Waals surface area (Å²) >= 11 is 3.45. The molecule has 2 aromatic rings. The van der Waals surface area contributed by atoms with Crippen molar-refractivity contribution < 1.29 is 4.74 Å². The Labute approximate surface area is 146 Å². The van der Waals surface area contributed by atoms with E-state index in [1.807, 2.05) is 36.4 Å². The molecule has 0 heterocycles. The third-order valence-corrected chi connectivity index (χ3v) is 4.29. The molecule has 0 spiro atoms. The minimum absolute atomic E-state index is 0.0428. The Hall–Kier alpha value is -1.68. The van der Waals surface area contributed by atoms with Crippen molar-refractivity contribution in [1.82, 2.24) is 0 Å². The predicted octanol–water partition coefficient (Wildman–Crippen LogP) is 6.95. The van der Waals surface area contributed by atoms with Crippen molar-refractivity contribution in [3.05, 3.63) is 54.1 Å². The van der Waals surface area contributed by atoms with Gasteiger partial charge in [-0.2, -0.15) is 10.2 Å². The molecule has 2 aromatic carbocycles. The van der Waals surface area contributed by atoms with Crippen molar-refractivity contribution in [3.63, 3.8) is 0 Å². The molecule has 0 radical (unpaired) electrons. The number of alkyl halides is 1. The lowest BCUT2D eigenvalue weighted by Gasteiger charge is -2.10. The molecule has 0 aromatic heterocycles. The Morgan fingerprint density at radius 1 is 0.913 bits per heavy atom. The van der Waals surface area contributed by atoms with Crippen LogP contribution in [0.3, 0.4) is 0 Å². The topological polar surface area (TPSA) is 34.0 Å². The average Bonchev–Trinajstić information content (AvgIpc) is 2.60. The van der Waals surface area contributed by atoms with Crippen molar-refractivity contribution >= 4 is 27.3 Å². The van der Waals surface area contributed by atoms with Gasteiger partial charge in [-0.15, -0.1) is 0 Å². The van der Waals surface area contributed by atoms with Gasteiger partial charge < -0.3 is 4.74 Å². The number of benzene rings is 2. The highest BCUT2D eigenvalue weighted by Gasteiger charge is 2.02. The van der Waals surface area contributed by atoms with Crippen LogP contribution in [-0.2, 0) is 6.42 Å². The van der Waals surface area contributed by atoms with Gasteiger partial charge >= 0.3 is 0 Å². The van der Waals surface area contributed by atoms with Gasteiger partial charge in [0.05, 0.1) is 11.4 Å². The molecule has 0 aliphatic rings. The van der Waals surface area contributed by atoms with Crippen molar-refractivity contribution in [2.24, 2.45) is 10.2 Å². The summed E-state index contributed by atoms with van der Waals surface area (Å²) in [6.07, 6.45) is 4.48. The number of aryl methyl sites for hydroxylation is 1. The smallest absolute Gasteiger partial charge is 0.153 e. The standard InChI is InChI=1S/C19H23BrN2O/c1-3-5-6-15-7-9-16(10-8-15)21-22-17-11-13-18(14-12-17)23-19(20)4-2/h7-14,19H,3-6H2,1-2H3/b22-21+. The first-order valence-electron chi connectivity index (χ1n) is 8.12. The molecule has 0 bridgehead atoms. The zero-order chi connectivity index (χ0) is 16.5. The van der Waals surface area contributed by atoms with E-state index in [0.29, 0.717) is 0 Å². The molecule has 0 amide bonds. The molecule has 3 nitrogen and oxygen atoms in total. The SMILES string of the molecule is CCCCc1ccc(/N=N/c2ccc(OC(Br)CC)cc2)cc1. The molecule has 122 valence electrons. The number of hydrogen-bond acceptors (Lipinski definition) is 3. The second-order valence-corrected chi connectivity index (χ2v) is 6.42. The molecule has 0 saturated carbocycles. The Morgan fingerprint density at radius 2 is 1.48 bits per heavy atom. The largest absolute Gasteiger partial charge is 0.479 e. The summed E-state index contributed by atoms with van der Waals surface area (Å²) in [7, 11) is 0. The van der Waals surface area contributed by atoms with Crippen LogP contribution in [0, 0.1) is 0 Å². The summed E-state index contributed by atoms with van der Waals surface area (Å²) in [5.74, 6) is 0.827. The van der Waals surface area contributed by atoms with Crippen molar-refractivity contribution in [2.45, 2.75) is 44.5 Å². The first-order chi connectivity index (χ1) is 11.2. The molecule has 23 heavy (non-hydrogen) atoms. The van der Waals surface area contributed by atoms with Crippen LogP contribution in [0.15, 0.2) is 58.8 Å². The van der Waals surface area contributed by atoms with Crippen LogP contribution in [0.1, 0.15) is 38.7 Å². The molecule has 0 aliphatic heterocycles. The van der Waals surface area contributed by atoms with Crippen LogP contribution < -0.4 is 4.74 Å². The van der Waals surface area contributed by atoms with Gasteiger partial charge in [0.25, 0.3) is 0 Å². The number of hydrogen-bond donors (Lipinski definition) is 0. The Kier molecular flexibility index (Phi) is 7.27. The fourth-order valence-electron chi connectivity index (χ4n) is 2.05. The monoisotopic (exact) mass is 374 g/mol. The van der Waals surface area contributed by atoms with E-state index in [-0.39, 0.29) is 5.01 Å². The molecule has 2 rings (SSSR count). The van der Waals surface area contributed by atoms with E-state index in [9.17, 15) is 0 Å². The van der Waals surface area contributed by atoms with E-state index in [2.05, 4.69) is 52.1 Å².